The predicted octanol–water partition coefficient (Wildman–Crippen LogP) is 3.09. The van der Waals surface area contributed by atoms with E-state index in [4.69, 9.17) is 4.42 Å². The summed E-state index contributed by atoms with van der Waals surface area (Å²) in [5.41, 5.74) is 0. The molecule has 0 amide bonds. The van der Waals surface area contributed by atoms with Gasteiger partial charge in [0.05, 0.1) is 6.20 Å². The summed E-state index contributed by atoms with van der Waals surface area (Å²) in [6.07, 6.45) is 13.6. The lowest BCUT2D eigenvalue weighted by Crippen LogP contribution is -2.19. The van der Waals surface area contributed by atoms with E-state index < -0.39 is 0 Å². The fourth-order valence-corrected chi connectivity index (χ4v) is 2.90. The molecular formula is C15H24N2O. The maximum atomic E-state index is 5.84. The number of hydrogen-bond donors (Lipinski definition) is 1. The molecule has 0 bridgehead atoms. The lowest BCUT2D eigenvalue weighted by Gasteiger charge is -2.19. The number of rotatable bonds is 6. The number of hydrogen-bond acceptors (Lipinski definition) is 3. The minimum Gasteiger partial charge on any atom is -0.446 e. The largest absolute Gasteiger partial charge is 0.446 e. The van der Waals surface area contributed by atoms with Gasteiger partial charge in [0.15, 0.2) is 5.89 Å². The highest BCUT2D eigenvalue weighted by atomic mass is 16.4. The zero-order valence-electron chi connectivity index (χ0n) is 11.2. The van der Waals surface area contributed by atoms with E-state index >= 15 is 0 Å². The van der Waals surface area contributed by atoms with Crippen molar-refractivity contribution in [1.82, 2.24) is 10.3 Å². The zero-order chi connectivity index (χ0) is 12.2. The van der Waals surface area contributed by atoms with Crippen molar-refractivity contribution in [2.75, 3.05) is 6.54 Å². The summed E-state index contributed by atoms with van der Waals surface area (Å²) in [6.45, 7) is 1.01. The van der Waals surface area contributed by atoms with Crippen molar-refractivity contribution in [3.8, 4) is 0 Å². The van der Waals surface area contributed by atoms with Crippen LogP contribution >= 0.6 is 0 Å². The van der Waals surface area contributed by atoms with Crippen LogP contribution in [-0.2, 0) is 12.8 Å². The number of oxazole rings is 1. The van der Waals surface area contributed by atoms with Crippen LogP contribution in [0.2, 0.25) is 0 Å². The van der Waals surface area contributed by atoms with Crippen molar-refractivity contribution in [3.05, 3.63) is 17.8 Å². The molecule has 0 atom stereocenters. The molecule has 18 heavy (non-hydrogen) atoms. The van der Waals surface area contributed by atoms with Gasteiger partial charge in [-0.15, -0.1) is 0 Å². The van der Waals surface area contributed by atoms with E-state index in [-0.39, 0.29) is 0 Å². The number of aromatic nitrogens is 1. The maximum Gasteiger partial charge on any atom is 0.195 e. The van der Waals surface area contributed by atoms with Gasteiger partial charge in [-0.1, -0.05) is 32.1 Å². The molecule has 2 aliphatic carbocycles. The Labute approximate surface area is 109 Å². The summed E-state index contributed by atoms with van der Waals surface area (Å²) in [5.74, 6) is 2.85. The van der Waals surface area contributed by atoms with E-state index in [1.807, 2.05) is 6.20 Å². The molecule has 1 aromatic heterocycles. The van der Waals surface area contributed by atoms with E-state index in [9.17, 15) is 0 Å². The summed E-state index contributed by atoms with van der Waals surface area (Å²) in [5, 5.41) is 3.50. The van der Waals surface area contributed by atoms with E-state index in [0.29, 0.717) is 0 Å². The van der Waals surface area contributed by atoms with Crippen molar-refractivity contribution in [2.24, 2.45) is 5.92 Å². The molecule has 1 aromatic rings. The fraction of sp³-hybridized carbons (Fsp3) is 0.800. The number of nitrogens with zero attached hydrogens (tertiary/aromatic N) is 1. The average molecular weight is 248 g/mol. The lowest BCUT2D eigenvalue weighted by molar-refractivity contribution is 0.328. The van der Waals surface area contributed by atoms with Gasteiger partial charge in [-0.05, 0) is 18.8 Å². The lowest BCUT2D eigenvalue weighted by atomic mass is 9.86. The molecule has 2 saturated carbocycles. The third-order valence-electron chi connectivity index (χ3n) is 4.17. The highest BCUT2D eigenvalue weighted by Crippen LogP contribution is 2.27. The van der Waals surface area contributed by atoms with Crippen molar-refractivity contribution < 1.29 is 4.42 Å². The minimum atomic E-state index is 0.779. The second kappa shape index (κ2) is 5.87. The molecule has 0 aliphatic heterocycles. The molecule has 0 aromatic carbocycles. The monoisotopic (exact) mass is 248 g/mol. The van der Waals surface area contributed by atoms with Crippen LogP contribution in [-0.4, -0.2) is 17.6 Å². The van der Waals surface area contributed by atoms with Crippen molar-refractivity contribution in [3.63, 3.8) is 0 Å². The molecule has 0 unspecified atom stereocenters. The Morgan fingerprint density at radius 1 is 1.17 bits per heavy atom. The van der Waals surface area contributed by atoms with Gasteiger partial charge >= 0.3 is 0 Å². The van der Waals surface area contributed by atoms with Crippen LogP contribution in [0.4, 0.5) is 0 Å². The normalized spacial score (nSPS) is 21.3. The molecule has 3 rings (SSSR count). The Morgan fingerprint density at radius 3 is 2.78 bits per heavy atom. The highest BCUT2D eigenvalue weighted by molar-refractivity contribution is 4.97. The molecule has 2 aliphatic rings. The molecule has 100 valence electrons. The summed E-state index contributed by atoms with van der Waals surface area (Å²) >= 11 is 0. The standard InChI is InChI=1S/C15H24N2O/c1-2-4-12(5-3-1)10-14-11-17-15(18-14)8-9-16-13-6-7-13/h11-13,16H,1-10H2. The van der Waals surface area contributed by atoms with Crippen molar-refractivity contribution >= 4 is 0 Å². The molecule has 3 nitrogen and oxygen atoms in total. The zero-order valence-corrected chi connectivity index (χ0v) is 11.2. The SMILES string of the molecule is c1nc(CCNC2CC2)oc1CC1CCCCC1. The Hall–Kier alpha value is -0.830. The summed E-state index contributed by atoms with van der Waals surface area (Å²) < 4.78 is 5.84. The van der Waals surface area contributed by atoms with Crippen LogP contribution < -0.4 is 5.32 Å². The summed E-state index contributed by atoms with van der Waals surface area (Å²) in [4.78, 5) is 4.39. The molecule has 0 spiro atoms. The average Bonchev–Trinajstić information content (AvgIpc) is 3.11. The second-order valence-electron chi connectivity index (χ2n) is 5.91. The predicted molar refractivity (Wildman–Crippen MR) is 71.5 cm³/mol. The van der Waals surface area contributed by atoms with E-state index in [1.165, 1.54) is 44.9 Å². The van der Waals surface area contributed by atoms with Gasteiger partial charge in [-0.25, -0.2) is 4.98 Å². The van der Waals surface area contributed by atoms with Crippen LogP contribution in [0, 0.1) is 5.92 Å². The van der Waals surface area contributed by atoms with Gasteiger partial charge in [-0.2, -0.15) is 0 Å². The third kappa shape index (κ3) is 3.58. The molecule has 0 radical (unpaired) electrons. The molecule has 1 N–H and O–H groups in total. The van der Waals surface area contributed by atoms with Gasteiger partial charge in [0.25, 0.3) is 0 Å². The van der Waals surface area contributed by atoms with Gasteiger partial charge in [0.2, 0.25) is 0 Å². The highest BCUT2D eigenvalue weighted by Gasteiger charge is 2.20. The minimum absolute atomic E-state index is 0.779. The first-order chi connectivity index (χ1) is 8.90. The van der Waals surface area contributed by atoms with Crippen LogP contribution in [0.25, 0.3) is 0 Å². The topological polar surface area (TPSA) is 38.1 Å². The van der Waals surface area contributed by atoms with Crippen molar-refractivity contribution in [2.45, 2.75) is 63.8 Å². The molecule has 1 heterocycles. The first kappa shape index (κ1) is 12.2. The molecule has 0 saturated heterocycles. The third-order valence-corrected chi connectivity index (χ3v) is 4.17. The Bertz CT molecular complexity index is 364. The van der Waals surface area contributed by atoms with Crippen LogP contribution in [0.1, 0.15) is 56.6 Å². The van der Waals surface area contributed by atoms with E-state index in [2.05, 4.69) is 10.3 Å². The first-order valence-electron chi connectivity index (χ1n) is 7.57. The second-order valence-corrected chi connectivity index (χ2v) is 5.91. The molecular weight excluding hydrogens is 224 g/mol. The van der Waals surface area contributed by atoms with E-state index in [0.717, 1.165) is 43.0 Å². The van der Waals surface area contributed by atoms with Crippen molar-refractivity contribution in [1.29, 1.82) is 0 Å². The van der Waals surface area contributed by atoms with E-state index in [1.54, 1.807) is 0 Å². The smallest absolute Gasteiger partial charge is 0.195 e. The maximum absolute atomic E-state index is 5.84. The summed E-state index contributed by atoms with van der Waals surface area (Å²) in [6, 6.07) is 0.779. The van der Waals surface area contributed by atoms with Crippen LogP contribution in [0.5, 0.6) is 0 Å². The quantitative estimate of drug-likeness (QED) is 0.840. The molecule has 2 fully saturated rings. The Balaban J connectivity index is 1.42. The fourth-order valence-electron chi connectivity index (χ4n) is 2.90. The van der Waals surface area contributed by atoms with Gasteiger partial charge in [0, 0.05) is 25.4 Å². The van der Waals surface area contributed by atoms with Gasteiger partial charge in [-0.3, -0.25) is 0 Å². The van der Waals surface area contributed by atoms with Crippen LogP contribution in [0.15, 0.2) is 10.6 Å². The first-order valence-corrected chi connectivity index (χ1v) is 7.57. The summed E-state index contributed by atoms with van der Waals surface area (Å²) in [7, 11) is 0. The Morgan fingerprint density at radius 2 is 2.00 bits per heavy atom. The van der Waals surface area contributed by atoms with Gasteiger partial charge < -0.3 is 9.73 Å². The number of nitrogens with one attached hydrogen (secondary N) is 1. The molecule has 3 heteroatoms. The van der Waals surface area contributed by atoms with Gasteiger partial charge in [0.1, 0.15) is 5.76 Å². The Kier molecular flexibility index (Phi) is 3.99. The van der Waals surface area contributed by atoms with Crippen LogP contribution in [0.3, 0.4) is 0 Å².